The van der Waals surface area contributed by atoms with Crippen LogP contribution in [0.1, 0.15) is 5.82 Å². The smallest absolute Gasteiger partial charge is 0.212 e. The van der Waals surface area contributed by atoms with Gasteiger partial charge in [0.15, 0.2) is 0 Å². The number of fused-ring (bicyclic) bond motifs is 1. The first-order valence-electron chi connectivity index (χ1n) is 3.28. The van der Waals surface area contributed by atoms with Crippen molar-refractivity contribution < 1.29 is 5.11 Å². The first-order chi connectivity index (χ1) is 5.27. The maximum atomic E-state index is 9.21. The zero-order chi connectivity index (χ0) is 7.84. The van der Waals surface area contributed by atoms with Gasteiger partial charge in [0.05, 0.1) is 11.7 Å². The van der Waals surface area contributed by atoms with Crippen molar-refractivity contribution in [3.8, 4) is 5.88 Å². The summed E-state index contributed by atoms with van der Waals surface area (Å²) in [6.45, 7) is 1.78. The summed E-state index contributed by atoms with van der Waals surface area (Å²) in [6, 6.07) is 3.35. The summed E-state index contributed by atoms with van der Waals surface area (Å²) in [7, 11) is 0. The number of aryl methyl sites for hydroxylation is 1. The molecule has 2 aromatic heterocycles. The Morgan fingerprint density at radius 3 is 3.09 bits per heavy atom. The van der Waals surface area contributed by atoms with E-state index in [2.05, 4.69) is 10.1 Å². The van der Waals surface area contributed by atoms with E-state index in [0.29, 0.717) is 5.82 Å². The fourth-order valence-electron chi connectivity index (χ4n) is 0.970. The number of aromatic hydroxyl groups is 1. The van der Waals surface area contributed by atoms with E-state index in [1.807, 2.05) is 0 Å². The Kier molecular flexibility index (Phi) is 1.09. The van der Waals surface area contributed by atoms with Crippen LogP contribution in [0.3, 0.4) is 0 Å². The van der Waals surface area contributed by atoms with Gasteiger partial charge in [-0.1, -0.05) is 0 Å². The molecule has 0 aromatic carbocycles. The molecular weight excluding hydrogens is 142 g/mol. The van der Waals surface area contributed by atoms with Crippen LogP contribution in [0.25, 0.3) is 5.52 Å². The van der Waals surface area contributed by atoms with Crippen LogP contribution in [0, 0.1) is 6.92 Å². The minimum Gasteiger partial charge on any atom is -0.493 e. The van der Waals surface area contributed by atoms with E-state index in [-0.39, 0.29) is 5.88 Å². The van der Waals surface area contributed by atoms with E-state index in [1.165, 1.54) is 4.52 Å². The Morgan fingerprint density at radius 2 is 2.27 bits per heavy atom. The van der Waals surface area contributed by atoms with E-state index in [1.54, 1.807) is 25.3 Å². The first kappa shape index (κ1) is 6.15. The van der Waals surface area contributed by atoms with Gasteiger partial charge >= 0.3 is 0 Å². The van der Waals surface area contributed by atoms with Crippen molar-refractivity contribution in [3.05, 3.63) is 24.2 Å². The molecular formula is C7H7N3O. The minimum atomic E-state index is 0.144. The standard InChI is InChI=1S/C7H7N3O/c1-5-8-4-6-2-3-7(11)10(6)9-5/h2-4,11H,1H3. The summed E-state index contributed by atoms with van der Waals surface area (Å²) in [5, 5.41) is 13.2. The highest BCUT2D eigenvalue weighted by Crippen LogP contribution is 2.12. The number of aromatic nitrogens is 3. The summed E-state index contributed by atoms with van der Waals surface area (Å²) in [6.07, 6.45) is 1.67. The van der Waals surface area contributed by atoms with Crippen molar-refractivity contribution >= 4 is 5.52 Å². The van der Waals surface area contributed by atoms with Crippen LogP contribution in [-0.4, -0.2) is 19.7 Å². The Labute approximate surface area is 63.1 Å². The van der Waals surface area contributed by atoms with Crippen molar-refractivity contribution in [1.82, 2.24) is 14.6 Å². The lowest BCUT2D eigenvalue weighted by atomic mass is 10.5. The van der Waals surface area contributed by atoms with Crippen LogP contribution >= 0.6 is 0 Å². The third kappa shape index (κ3) is 0.832. The van der Waals surface area contributed by atoms with Crippen LogP contribution in [0.4, 0.5) is 0 Å². The lowest BCUT2D eigenvalue weighted by molar-refractivity contribution is 0.437. The average molecular weight is 149 g/mol. The highest BCUT2D eigenvalue weighted by Gasteiger charge is 1.99. The molecule has 0 amide bonds. The Morgan fingerprint density at radius 1 is 1.45 bits per heavy atom. The molecule has 0 aliphatic rings. The molecule has 0 aliphatic carbocycles. The van der Waals surface area contributed by atoms with Gasteiger partial charge in [-0.3, -0.25) is 0 Å². The average Bonchev–Trinajstić information content (AvgIpc) is 2.33. The molecule has 0 unspecified atom stereocenters. The lowest BCUT2D eigenvalue weighted by Crippen LogP contribution is -1.95. The molecule has 0 atom stereocenters. The van der Waals surface area contributed by atoms with Gasteiger partial charge in [0.1, 0.15) is 5.82 Å². The molecule has 0 aliphatic heterocycles. The Balaban J connectivity index is 2.87. The third-order valence-corrected chi connectivity index (χ3v) is 1.49. The van der Waals surface area contributed by atoms with Gasteiger partial charge in [-0.05, 0) is 13.0 Å². The molecule has 2 heterocycles. The fourth-order valence-corrected chi connectivity index (χ4v) is 0.970. The van der Waals surface area contributed by atoms with Crippen molar-refractivity contribution in [3.63, 3.8) is 0 Å². The van der Waals surface area contributed by atoms with E-state index < -0.39 is 0 Å². The summed E-state index contributed by atoms with van der Waals surface area (Å²) in [4.78, 5) is 3.98. The van der Waals surface area contributed by atoms with Gasteiger partial charge in [0, 0.05) is 6.07 Å². The highest BCUT2D eigenvalue weighted by molar-refractivity contribution is 5.47. The van der Waals surface area contributed by atoms with E-state index in [4.69, 9.17) is 0 Å². The number of hydrogen-bond donors (Lipinski definition) is 1. The van der Waals surface area contributed by atoms with E-state index in [0.717, 1.165) is 5.52 Å². The predicted molar refractivity (Wildman–Crippen MR) is 39.4 cm³/mol. The Bertz CT molecular complexity index is 393. The van der Waals surface area contributed by atoms with E-state index >= 15 is 0 Å². The molecule has 0 saturated heterocycles. The molecule has 2 aromatic rings. The molecule has 0 spiro atoms. The van der Waals surface area contributed by atoms with Crippen LogP contribution in [0.2, 0.25) is 0 Å². The first-order valence-corrected chi connectivity index (χ1v) is 3.28. The van der Waals surface area contributed by atoms with Gasteiger partial charge in [0.25, 0.3) is 0 Å². The monoisotopic (exact) mass is 149 g/mol. The predicted octanol–water partition coefficient (Wildman–Crippen LogP) is 0.743. The van der Waals surface area contributed by atoms with E-state index in [9.17, 15) is 5.11 Å². The quantitative estimate of drug-likeness (QED) is 0.601. The molecule has 0 fully saturated rings. The SMILES string of the molecule is Cc1ncc2ccc(O)n2n1. The second-order valence-electron chi connectivity index (χ2n) is 2.33. The van der Waals surface area contributed by atoms with Crippen LogP contribution < -0.4 is 0 Å². The topological polar surface area (TPSA) is 50.4 Å². The zero-order valence-corrected chi connectivity index (χ0v) is 6.02. The zero-order valence-electron chi connectivity index (χ0n) is 6.02. The molecule has 0 radical (unpaired) electrons. The number of rotatable bonds is 0. The molecule has 0 saturated carbocycles. The minimum absolute atomic E-state index is 0.144. The maximum Gasteiger partial charge on any atom is 0.212 e. The second-order valence-corrected chi connectivity index (χ2v) is 2.33. The van der Waals surface area contributed by atoms with Gasteiger partial charge in [-0.25, -0.2) is 4.98 Å². The molecule has 0 bridgehead atoms. The molecule has 56 valence electrons. The van der Waals surface area contributed by atoms with Crippen molar-refractivity contribution in [2.45, 2.75) is 6.92 Å². The molecule has 1 N–H and O–H groups in total. The van der Waals surface area contributed by atoms with Crippen LogP contribution in [-0.2, 0) is 0 Å². The van der Waals surface area contributed by atoms with Gasteiger partial charge < -0.3 is 5.11 Å². The van der Waals surface area contributed by atoms with Gasteiger partial charge in [-0.15, -0.1) is 5.10 Å². The van der Waals surface area contributed by atoms with Gasteiger partial charge in [0.2, 0.25) is 5.88 Å². The normalized spacial score (nSPS) is 10.6. The lowest BCUT2D eigenvalue weighted by Gasteiger charge is -1.94. The fraction of sp³-hybridized carbons (Fsp3) is 0.143. The molecule has 4 heteroatoms. The second kappa shape index (κ2) is 1.95. The third-order valence-electron chi connectivity index (χ3n) is 1.49. The number of hydrogen-bond acceptors (Lipinski definition) is 3. The maximum absolute atomic E-state index is 9.21. The van der Waals surface area contributed by atoms with Crippen molar-refractivity contribution in [1.29, 1.82) is 0 Å². The highest BCUT2D eigenvalue weighted by atomic mass is 16.3. The molecule has 4 nitrogen and oxygen atoms in total. The summed E-state index contributed by atoms with van der Waals surface area (Å²) in [5.74, 6) is 0.787. The largest absolute Gasteiger partial charge is 0.493 e. The molecule has 2 rings (SSSR count). The molecule has 11 heavy (non-hydrogen) atoms. The Hall–Kier alpha value is -1.58. The summed E-state index contributed by atoms with van der Waals surface area (Å²) >= 11 is 0. The van der Waals surface area contributed by atoms with Crippen LogP contribution in [0.5, 0.6) is 5.88 Å². The van der Waals surface area contributed by atoms with Gasteiger partial charge in [-0.2, -0.15) is 4.52 Å². The summed E-state index contributed by atoms with van der Waals surface area (Å²) < 4.78 is 1.45. The summed E-state index contributed by atoms with van der Waals surface area (Å²) in [5.41, 5.74) is 0.799. The number of nitrogens with zero attached hydrogens (tertiary/aromatic N) is 3. The van der Waals surface area contributed by atoms with Crippen molar-refractivity contribution in [2.75, 3.05) is 0 Å². The van der Waals surface area contributed by atoms with Crippen molar-refractivity contribution in [2.24, 2.45) is 0 Å². The van der Waals surface area contributed by atoms with Crippen LogP contribution in [0.15, 0.2) is 18.3 Å².